The molecule has 0 bridgehead atoms. The molecule has 0 fully saturated rings. The van der Waals surface area contributed by atoms with Gasteiger partial charge in [-0.15, -0.1) is 0 Å². The molecule has 2 rings (SSSR count). The summed E-state index contributed by atoms with van der Waals surface area (Å²) in [5.74, 6) is -2.31. The second-order valence-electron chi connectivity index (χ2n) is 4.36. The largest absolute Gasteiger partial charge is 0.453 e. The van der Waals surface area contributed by atoms with E-state index in [-0.39, 0.29) is 22.0 Å². The molecule has 23 heavy (non-hydrogen) atoms. The van der Waals surface area contributed by atoms with Crippen LogP contribution in [0.1, 0.15) is 10.4 Å². The van der Waals surface area contributed by atoms with Gasteiger partial charge in [-0.05, 0) is 30.3 Å². The summed E-state index contributed by atoms with van der Waals surface area (Å²) in [7, 11) is 1.12. The lowest BCUT2D eigenvalue weighted by molar-refractivity contribution is 0.102. The number of anilines is 2. The first-order valence-electron chi connectivity index (χ1n) is 6.32. The van der Waals surface area contributed by atoms with Crippen molar-refractivity contribution in [2.75, 3.05) is 17.7 Å². The molecule has 2 N–H and O–H groups in total. The molecule has 0 unspecified atom stereocenters. The lowest BCUT2D eigenvalue weighted by atomic mass is 10.2. The van der Waals surface area contributed by atoms with E-state index in [9.17, 15) is 18.4 Å². The van der Waals surface area contributed by atoms with Crippen LogP contribution >= 0.6 is 11.6 Å². The van der Waals surface area contributed by atoms with Gasteiger partial charge in [0.25, 0.3) is 5.91 Å². The van der Waals surface area contributed by atoms with Gasteiger partial charge < -0.3 is 10.1 Å². The van der Waals surface area contributed by atoms with Crippen molar-refractivity contribution >= 4 is 35.0 Å². The van der Waals surface area contributed by atoms with Crippen LogP contribution in [0.15, 0.2) is 36.4 Å². The first-order chi connectivity index (χ1) is 10.9. The van der Waals surface area contributed by atoms with Crippen LogP contribution in [0.25, 0.3) is 0 Å². The van der Waals surface area contributed by atoms with E-state index in [4.69, 9.17) is 11.6 Å². The molecule has 0 atom stereocenters. The van der Waals surface area contributed by atoms with Crippen LogP contribution in [-0.4, -0.2) is 19.1 Å². The van der Waals surface area contributed by atoms with Crippen LogP contribution in [0.5, 0.6) is 0 Å². The number of methoxy groups -OCH3 is 1. The van der Waals surface area contributed by atoms with Gasteiger partial charge in [-0.3, -0.25) is 10.1 Å². The minimum Gasteiger partial charge on any atom is -0.453 e. The average Bonchev–Trinajstić information content (AvgIpc) is 2.50. The molecule has 2 amide bonds. The Labute approximate surface area is 135 Å². The minimum atomic E-state index is -0.871. The second kappa shape index (κ2) is 7.06. The Bertz CT molecular complexity index is 748. The number of amides is 2. The Morgan fingerprint density at radius 2 is 1.83 bits per heavy atom. The van der Waals surface area contributed by atoms with Crippen molar-refractivity contribution in [1.82, 2.24) is 0 Å². The molecule has 0 radical (unpaired) electrons. The van der Waals surface area contributed by atoms with Crippen LogP contribution in [-0.2, 0) is 4.74 Å². The van der Waals surface area contributed by atoms with Gasteiger partial charge in [-0.25, -0.2) is 13.6 Å². The summed E-state index contributed by atoms with van der Waals surface area (Å²) in [5, 5.41) is 4.47. The van der Waals surface area contributed by atoms with Gasteiger partial charge in [0.15, 0.2) is 0 Å². The van der Waals surface area contributed by atoms with Crippen LogP contribution in [0.3, 0.4) is 0 Å². The number of hydrogen-bond donors (Lipinski definition) is 2. The zero-order valence-corrected chi connectivity index (χ0v) is 12.6. The van der Waals surface area contributed by atoms with Crippen LogP contribution in [0.4, 0.5) is 25.0 Å². The quantitative estimate of drug-likeness (QED) is 0.885. The van der Waals surface area contributed by atoms with Gasteiger partial charge in [0.05, 0.1) is 23.4 Å². The van der Waals surface area contributed by atoms with Crippen molar-refractivity contribution < 1.29 is 23.1 Å². The summed E-state index contributed by atoms with van der Waals surface area (Å²) < 4.78 is 31.6. The number of hydrogen-bond acceptors (Lipinski definition) is 3. The van der Waals surface area contributed by atoms with Crippen LogP contribution in [0.2, 0.25) is 5.02 Å². The molecule has 0 aromatic heterocycles. The maximum atomic E-state index is 13.7. The van der Waals surface area contributed by atoms with Crippen molar-refractivity contribution in [3.8, 4) is 0 Å². The number of carbonyl (C=O) groups is 2. The Morgan fingerprint density at radius 3 is 2.48 bits per heavy atom. The lowest BCUT2D eigenvalue weighted by Crippen LogP contribution is -2.16. The Hall–Kier alpha value is -2.67. The van der Waals surface area contributed by atoms with E-state index in [1.165, 1.54) is 24.3 Å². The molecular weight excluding hydrogens is 330 g/mol. The molecule has 0 aliphatic rings. The van der Waals surface area contributed by atoms with Crippen molar-refractivity contribution in [1.29, 1.82) is 0 Å². The smallest absolute Gasteiger partial charge is 0.411 e. The van der Waals surface area contributed by atoms with Gasteiger partial charge in [0.2, 0.25) is 0 Å². The molecule has 0 saturated carbocycles. The van der Waals surface area contributed by atoms with E-state index in [1.807, 2.05) is 0 Å². The minimum absolute atomic E-state index is 0.0579. The topological polar surface area (TPSA) is 67.4 Å². The molecule has 0 aliphatic heterocycles. The summed E-state index contributed by atoms with van der Waals surface area (Å²) in [5.41, 5.74) is -0.391. The van der Waals surface area contributed by atoms with Crippen molar-refractivity contribution in [3.05, 3.63) is 58.6 Å². The normalized spacial score (nSPS) is 10.1. The molecule has 5 nitrogen and oxygen atoms in total. The first kappa shape index (κ1) is 16.7. The number of rotatable bonds is 3. The molecule has 2 aromatic rings. The zero-order valence-electron chi connectivity index (χ0n) is 11.8. The lowest BCUT2D eigenvalue weighted by Gasteiger charge is -2.10. The zero-order chi connectivity index (χ0) is 17.0. The van der Waals surface area contributed by atoms with Crippen LogP contribution < -0.4 is 10.6 Å². The third-order valence-electron chi connectivity index (χ3n) is 2.84. The van der Waals surface area contributed by atoms with Crippen molar-refractivity contribution in [2.24, 2.45) is 0 Å². The average molecular weight is 341 g/mol. The highest BCUT2D eigenvalue weighted by molar-refractivity contribution is 6.34. The molecule has 0 heterocycles. The fourth-order valence-electron chi connectivity index (χ4n) is 1.77. The summed E-state index contributed by atoms with van der Waals surface area (Å²) in [6.45, 7) is 0. The standard InChI is InChI=1S/C15H11ClF2N2O3/c1-23-15(22)20-12-7-8(5-6-10(12)17)19-14(21)13-9(16)3-2-4-11(13)18/h2-7H,1H3,(H,19,21)(H,20,22). The molecule has 0 aliphatic carbocycles. The Balaban J connectivity index is 2.25. The third kappa shape index (κ3) is 3.95. The molecule has 2 aromatic carbocycles. The summed E-state index contributed by atoms with van der Waals surface area (Å²) in [4.78, 5) is 23.2. The molecule has 0 spiro atoms. The number of nitrogens with one attached hydrogen (secondary N) is 2. The number of carbonyl (C=O) groups excluding carboxylic acids is 2. The Kier molecular flexibility index (Phi) is 5.13. The Morgan fingerprint density at radius 1 is 1.09 bits per heavy atom. The maximum absolute atomic E-state index is 13.7. The molecular formula is C15H11ClF2N2O3. The van der Waals surface area contributed by atoms with Crippen LogP contribution in [0, 0.1) is 11.6 Å². The number of halogens is 3. The fraction of sp³-hybridized carbons (Fsp3) is 0.0667. The van der Waals surface area contributed by atoms with Crippen molar-refractivity contribution in [3.63, 3.8) is 0 Å². The third-order valence-corrected chi connectivity index (χ3v) is 3.15. The van der Waals surface area contributed by atoms with E-state index in [1.54, 1.807) is 0 Å². The van der Waals surface area contributed by atoms with Gasteiger partial charge in [0.1, 0.15) is 11.6 Å². The highest BCUT2D eigenvalue weighted by Crippen LogP contribution is 2.23. The highest BCUT2D eigenvalue weighted by atomic mass is 35.5. The summed E-state index contributed by atoms with van der Waals surface area (Å²) in [6.07, 6.45) is -0.871. The maximum Gasteiger partial charge on any atom is 0.411 e. The predicted molar refractivity (Wildman–Crippen MR) is 81.8 cm³/mol. The van der Waals surface area contributed by atoms with E-state index in [0.717, 1.165) is 19.2 Å². The predicted octanol–water partition coefficient (Wildman–Crippen LogP) is 4.05. The molecule has 0 saturated heterocycles. The van der Waals surface area contributed by atoms with Gasteiger partial charge in [0, 0.05) is 5.69 Å². The summed E-state index contributed by atoms with van der Waals surface area (Å²) >= 11 is 5.80. The number of benzene rings is 2. The van der Waals surface area contributed by atoms with Gasteiger partial charge in [-0.2, -0.15) is 0 Å². The van der Waals surface area contributed by atoms with Gasteiger partial charge in [-0.1, -0.05) is 17.7 Å². The SMILES string of the molecule is COC(=O)Nc1cc(NC(=O)c2c(F)cccc2Cl)ccc1F. The van der Waals surface area contributed by atoms with E-state index in [0.29, 0.717) is 0 Å². The fourth-order valence-corrected chi connectivity index (χ4v) is 2.02. The molecule has 8 heteroatoms. The molecule has 120 valence electrons. The summed E-state index contributed by atoms with van der Waals surface area (Å²) in [6, 6.07) is 7.28. The first-order valence-corrected chi connectivity index (χ1v) is 6.70. The highest BCUT2D eigenvalue weighted by Gasteiger charge is 2.16. The second-order valence-corrected chi connectivity index (χ2v) is 4.77. The monoisotopic (exact) mass is 340 g/mol. The van der Waals surface area contributed by atoms with Crippen molar-refractivity contribution in [2.45, 2.75) is 0 Å². The van der Waals surface area contributed by atoms with E-state index < -0.39 is 23.6 Å². The van der Waals surface area contributed by atoms with E-state index >= 15 is 0 Å². The number of ether oxygens (including phenoxy) is 1. The van der Waals surface area contributed by atoms with Gasteiger partial charge >= 0.3 is 6.09 Å². The van der Waals surface area contributed by atoms with E-state index in [2.05, 4.69) is 15.4 Å².